The van der Waals surface area contributed by atoms with Crippen molar-refractivity contribution in [1.29, 1.82) is 0 Å². The van der Waals surface area contributed by atoms with Gasteiger partial charge < -0.3 is 0 Å². The summed E-state index contributed by atoms with van der Waals surface area (Å²) in [5.41, 5.74) is 2.76. The maximum Gasteiger partial charge on any atom is 0.123 e. The van der Waals surface area contributed by atoms with E-state index in [1.54, 1.807) is 12.1 Å². The van der Waals surface area contributed by atoms with E-state index in [0.717, 1.165) is 16.6 Å². The average Bonchev–Trinajstić information content (AvgIpc) is 2.30. The first-order chi connectivity index (χ1) is 8.15. The highest BCUT2D eigenvalue weighted by Gasteiger charge is 1.93. The number of rotatable bonds is 3. The number of benzene rings is 2. The molecule has 0 aliphatic carbocycles. The number of aryl methyl sites for hydroxylation is 1. The number of hydrogen-bond acceptors (Lipinski definition) is 0. The summed E-state index contributed by atoms with van der Waals surface area (Å²) in [6.45, 7) is 1.93. The molecule has 0 aliphatic heterocycles. The predicted octanol–water partition coefficient (Wildman–Crippen LogP) is 2.80. The first kappa shape index (κ1) is 11.8. The van der Waals surface area contributed by atoms with Crippen molar-refractivity contribution in [1.82, 2.24) is 0 Å². The first-order valence-electron chi connectivity index (χ1n) is 5.49. The van der Waals surface area contributed by atoms with Crippen LogP contribution in [0.3, 0.4) is 0 Å². The van der Waals surface area contributed by atoms with E-state index in [1.165, 1.54) is 24.3 Å². The van der Waals surface area contributed by atoms with Gasteiger partial charge in [-0.15, -0.1) is 0 Å². The van der Waals surface area contributed by atoms with Gasteiger partial charge in [0.05, 0.1) is 0 Å². The molecule has 0 nitrogen and oxygen atoms in total. The zero-order chi connectivity index (χ0) is 12.3. The molecule has 0 unspecified atom stereocenters. The Kier molecular flexibility index (Phi) is 3.57. The van der Waals surface area contributed by atoms with Gasteiger partial charge in [-0.1, -0.05) is 35.4 Å². The summed E-state index contributed by atoms with van der Waals surface area (Å²) in [6, 6.07) is 11.1. The SMILES string of the molecule is Cc1ccc(F)cc1[B-]Cc1cccc(F)c1. The summed E-state index contributed by atoms with van der Waals surface area (Å²) >= 11 is 0. The maximum atomic E-state index is 13.1. The molecule has 0 N–H and O–H groups in total. The Balaban J connectivity index is 2.09. The standard InChI is InChI=1S/C14H12BF2/c1-10-5-6-13(17)8-14(10)15-9-11-3-2-4-12(16)7-11/h2-8H,9H2,1H3/q-1. The van der Waals surface area contributed by atoms with Gasteiger partial charge in [0.25, 0.3) is 0 Å². The van der Waals surface area contributed by atoms with Crippen LogP contribution < -0.4 is 5.46 Å². The van der Waals surface area contributed by atoms with Gasteiger partial charge in [-0.3, -0.25) is 12.7 Å². The second-order valence-corrected chi connectivity index (χ2v) is 4.04. The quantitative estimate of drug-likeness (QED) is 0.710. The lowest BCUT2D eigenvalue weighted by atomic mass is 9.64. The third-order valence-corrected chi connectivity index (χ3v) is 2.69. The Labute approximate surface area is 101 Å². The minimum atomic E-state index is -0.249. The Bertz CT molecular complexity index is 523. The normalized spacial score (nSPS) is 10.5. The van der Waals surface area contributed by atoms with Crippen molar-refractivity contribution in [3.63, 3.8) is 0 Å². The molecule has 2 aromatic carbocycles. The van der Waals surface area contributed by atoms with Crippen LogP contribution >= 0.6 is 0 Å². The summed E-state index contributed by atoms with van der Waals surface area (Å²) < 4.78 is 26.0. The second-order valence-electron chi connectivity index (χ2n) is 4.04. The molecule has 2 aromatic rings. The van der Waals surface area contributed by atoms with E-state index >= 15 is 0 Å². The van der Waals surface area contributed by atoms with Crippen molar-refractivity contribution < 1.29 is 8.78 Å². The van der Waals surface area contributed by atoms with Gasteiger partial charge in [0, 0.05) is 0 Å². The molecule has 2 radical (unpaired) electrons. The molecule has 0 aliphatic rings. The van der Waals surface area contributed by atoms with Crippen molar-refractivity contribution >= 4 is 12.7 Å². The van der Waals surface area contributed by atoms with E-state index in [-0.39, 0.29) is 11.6 Å². The summed E-state index contributed by atoms with van der Waals surface area (Å²) in [6.07, 6.45) is 0.599. The van der Waals surface area contributed by atoms with Crippen molar-refractivity contribution in [3.8, 4) is 0 Å². The van der Waals surface area contributed by atoms with Gasteiger partial charge in [-0.2, -0.15) is 0 Å². The van der Waals surface area contributed by atoms with E-state index in [4.69, 9.17) is 0 Å². The molecule has 0 saturated heterocycles. The second kappa shape index (κ2) is 5.13. The molecular weight excluding hydrogens is 217 g/mol. The van der Waals surface area contributed by atoms with E-state index in [9.17, 15) is 8.78 Å². The van der Waals surface area contributed by atoms with Crippen LogP contribution in [0.25, 0.3) is 0 Å². The van der Waals surface area contributed by atoms with Crippen molar-refractivity contribution in [3.05, 3.63) is 65.2 Å². The average molecular weight is 229 g/mol. The molecule has 0 atom stereocenters. The van der Waals surface area contributed by atoms with Crippen LogP contribution in [0.4, 0.5) is 8.78 Å². The van der Waals surface area contributed by atoms with E-state index < -0.39 is 0 Å². The van der Waals surface area contributed by atoms with Gasteiger partial charge >= 0.3 is 0 Å². The van der Waals surface area contributed by atoms with E-state index in [2.05, 4.69) is 0 Å². The number of halogens is 2. The van der Waals surface area contributed by atoms with E-state index in [0.29, 0.717) is 6.32 Å². The summed E-state index contributed by atoms with van der Waals surface area (Å²) in [5, 5.41) is 0. The fraction of sp³-hybridized carbons (Fsp3) is 0.143. The molecule has 0 bridgehead atoms. The molecule has 0 amide bonds. The van der Waals surface area contributed by atoms with Gasteiger partial charge in [0.15, 0.2) is 0 Å². The third kappa shape index (κ3) is 3.16. The lowest BCUT2D eigenvalue weighted by Gasteiger charge is -2.19. The molecule has 0 spiro atoms. The minimum Gasteiger partial charge on any atom is -0.291 e. The van der Waals surface area contributed by atoms with Crippen molar-refractivity contribution in [2.45, 2.75) is 13.2 Å². The Morgan fingerprint density at radius 2 is 1.76 bits per heavy atom. The smallest absolute Gasteiger partial charge is 0.123 e. The Morgan fingerprint density at radius 1 is 1.00 bits per heavy atom. The molecule has 0 fully saturated rings. The third-order valence-electron chi connectivity index (χ3n) is 2.69. The van der Waals surface area contributed by atoms with Crippen LogP contribution in [0.15, 0.2) is 42.5 Å². The van der Waals surface area contributed by atoms with Crippen molar-refractivity contribution in [2.24, 2.45) is 0 Å². The topological polar surface area (TPSA) is 0 Å². The van der Waals surface area contributed by atoms with Crippen LogP contribution in [-0.4, -0.2) is 7.28 Å². The largest absolute Gasteiger partial charge is 0.291 e. The minimum absolute atomic E-state index is 0.244. The molecule has 86 valence electrons. The molecule has 2 rings (SSSR count). The van der Waals surface area contributed by atoms with Gasteiger partial charge in [0.2, 0.25) is 0 Å². The lowest BCUT2D eigenvalue weighted by Crippen LogP contribution is -2.20. The Hall–Kier alpha value is -1.64. The molecular formula is C14H12BF2-. The van der Waals surface area contributed by atoms with Crippen LogP contribution in [0, 0.1) is 18.6 Å². The van der Waals surface area contributed by atoms with Crippen LogP contribution in [0.2, 0.25) is 0 Å². The summed E-state index contributed by atoms with van der Waals surface area (Å²) in [5.74, 6) is -0.493. The lowest BCUT2D eigenvalue weighted by molar-refractivity contribution is 0.626. The van der Waals surface area contributed by atoms with Gasteiger partial charge in [0.1, 0.15) is 11.6 Å². The molecule has 0 heterocycles. The van der Waals surface area contributed by atoms with Crippen LogP contribution in [-0.2, 0) is 6.32 Å². The molecule has 0 aromatic heterocycles. The zero-order valence-corrected chi connectivity index (χ0v) is 9.58. The van der Waals surface area contributed by atoms with Gasteiger partial charge in [-0.05, 0) is 25.1 Å². The Morgan fingerprint density at radius 3 is 2.53 bits per heavy atom. The monoisotopic (exact) mass is 229 g/mol. The zero-order valence-electron chi connectivity index (χ0n) is 9.58. The summed E-state index contributed by atoms with van der Waals surface area (Å²) in [7, 11) is 1.91. The van der Waals surface area contributed by atoms with Crippen LogP contribution in [0.1, 0.15) is 11.1 Å². The highest BCUT2D eigenvalue weighted by Crippen LogP contribution is 2.04. The molecule has 17 heavy (non-hydrogen) atoms. The van der Waals surface area contributed by atoms with Gasteiger partial charge in [-0.25, -0.2) is 15.1 Å². The van der Waals surface area contributed by atoms with Crippen molar-refractivity contribution in [2.75, 3.05) is 0 Å². The number of hydrogen-bond donors (Lipinski definition) is 0. The van der Waals surface area contributed by atoms with Crippen LogP contribution in [0.5, 0.6) is 0 Å². The first-order valence-corrected chi connectivity index (χ1v) is 5.49. The molecule has 0 saturated carbocycles. The fourth-order valence-electron chi connectivity index (χ4n) is 1.72. The summed E-state index contributed by atoms with van der Waals surface area (Å²) in [4.78, 5) is 0. The highest BCUT2D eigenvalue weighted by molar-refractivity contribution is 6.53. The predicted molar refractivity (Wildman–Crippen MR) is 66.6 cm³/mol. The molecule has 3 heteroatoms. The highest BCUT2D eigenvalue weighted by atomic mass is 19.1. The van der Waals surface area contributed by atoms with E-state index in [1.807, 2.05) is 20.3 Å². The maximum absolute atomic E-state index is 13.1. The fourth-order valence-corrected chi connectivity index (χ4v) is 1.72.